The molecule has 4 rings (SSSR count). The number of likely N-dealkylation sites (tertiary alicyclic amines) is 1. The molecule has 4 heteroatoms. The minimum Gasteiger partial charge on any atom is -0.460 e. The van der Waals surface area contributed by atoms with Crippen molar-refractivity contribution in [2.24, 2.45) is 0 Å². The summed E-state index contributed by atoms with van der Waals surface area (Å²) < 4.78 is 5.50. The quantitative estimate of drug-likeness (QED) is 0.331. The molecule has 0 aromatic heterocycles. The van der Waals surface area contributed by atoms with Crippen LogP contribution in [0.5, 0.6) is 0 Å². The van der Waals surface area contributed by atoms with E-state index < -0.39 is 0 Å². The molecule has 1 saturated heterocycles. The number of halogens is 1. The Bertz CT molecular complexity index is 871. The van der Waals surface area contributed by atoms with Crippen molar-refractivity contribution < 1.29 is 9.53 Å². The van der Waals surface area contributed by atoms with Crippen LogP contribution in [-0.4, -0.2) is 23.5 Å². The molecule has 0 bridgehead atoms. The van der Waals surface area contributed by atoms with Crippen LogP contribution >= 0.6 is 15.9 Å². The van der Waals surface area contributed by atoms with Gasteiger partial charge in [-0.1, -0.05) is 107 Å². The summed E-state index contributed by atoms with van der Waals surface area (Å²) in [4.78, 5) is 14.6. The van der Waals surface area contributed by atoms with Crippen LogP contribution in [0.2, 0.25) is 0 Å². The minimum absolute atomic E-state index is 0.0997. The predicted molar refractivity (Wildman–Crippen MR) is 125 cm³/mol. The first-order valence-corrected chi connectivity index (χ1v) is 11.5. The Morgan fingerprint density at radius 1 is 0.833 bits per heavy atom. The van der Waals surface area contributed by atoms with Crippen LogP contribution in [0.1, 0.15) is 29.5 Å². The van der Waals surface area contributed by atoms with E-state index in [9.17, 15) is 4.79 Å². The molecule has 0 saturated carbocycles. The van der Waals surface area contributed by atoms with E-state index in [-0.39, 0.29) is 12.0 Å². The summed E-state index contributed by atoms with van der Waals surface area (Å²) in [5.74, 6) is -0.0997. The van der Waals surface area contributed by atoms with Crippen molar-refractivity contribution in [2.45, 2.75) is 37.4 Å². The number of rotatable bonds is 6. The van der Waals surface area contributed by atoms with Crippen LogP contribution in [0.3, 0.4) is 0 Å². The van der Waals surface area contributed by atoms with Gasteiger partial charge in [-0.3, -0.25) is 9.69 Å². The van der Waals surface area contributed by atoms with Gasteiger partial charge in [0.1, 0.15) is 12.6 Å². The molecule has 156 valence electrons. The highest BCUT2D eigenvalue weighted by atomic mass is 79.9. The van der Waals surface area contributed by atoms with Gasteiger partial charge in [0.15, 0.2) is 0 Å². The average molecular weight is 466 g/mol. The lowest BCUT2D eigenvalue weighted by Crippen LogP contribution is -2.36. The molecular formula is C26H28BrNO2. The van der Waals surface area contributed by atoms with E-state index in [4.69, 9.17) is 4.74 Å². The molecule has 0 spiro atoms. The first-order chi connectivity index (χ1) is 14.8. The van der Waals surface area contributed by atoms with Crippen LogP contribution in [0.4, 0.5) is 0 Å². The third-order valence-electron chi connectivity index (χ3n) is 5.09. The lowest BCUT2D eigenvalue weighted by molar-refractivity contribution is -0.150. The summed E-state index contributed by atoms with van der Waals surface area (Å²) in [5.41, 5.74) is 3.60. The van der Waals surface area contributed by atoms with E-state index >= 15 is 0 Å². The molecule has 30 heavy (non-hydrogen) atoms. The lowest BCUT2D eigenvalue weighted by atomic mass is 10.2. The Hall–Kier alpha value is -2.43. The van der Waals surface area contributed by atoms with Gasteiger partial charge in [0, 0.05) is 11.9 Å². The van der Waals surface area contributed by atoms with Gasteiger partial charge in [-0.25, -0.2) is 0 Å². The summed E-state index contributed by atoms with van der Waals surface area (Å²) >= 11 is 3.36. The van der Waals surface area contributed by atoms with E-state index in [1.54, 1.807) is 0 Å². The summed E-state index contributed by atoms with van der Waals surface area (Å²) in [6, 6.07) is 30.3. The Kier molecular flexibility index (Phi) is 9.13. The maximum Gasteiger partial charge on any atom is 0.323 e. The maximum absolute atomic E-state index is 12.4. The molecule has 3 aromatic carbocycles. The number of alkyl halides is 1. The first kappa shape index (κ1) is 22.3. The molecule has 0 unspecified atom stereocenters. The molecular weight excluding hydrogens is 438 g/mol. The fraction of sp³-hybridized carbons (Fsp3) is 0.269. The van der Waals surface area contributed by atoms with E-state index in [1.807, 2.05) is 66.7 Å². The second-order valence-corrected chi connectivity index (χ2v) is 7.89. The van der Waals surface area contributed by atoms with Crippen molar-refractivity contribution in [1.82, 2.24) is 4.90 Å². The molecule has 1 atom stereocenters. The molecule has 0 aliphatic carbocycles. The third kappa shape index (κ3) is 7.12. The predicted octanol–water partition coefficient (Wildman–Crippen LogP) is 5.98. The Labute approximate surface area is 187 Å². The highest BCUT2D eigenvalue weighted by Crippen LogP contribution is 2.21. The second kappa shape index (κ2) is 12.3. The molecule has 1 aliphatic rings. The van der Waals surface area contributed by atoms with Gasteiger partial charge in [0.25, 0.3) is 0 Å². The summed E-state index contributed by atoms with van der Waals surface area (Å²) in [7, 11) is 0. The fourth-order valence-electron chi connectivity index (χ4n) is 3.49. The van der Waals surface area contributed by atoms with Crippen molar-refractivity contribution in [3.63, 3.8) is 0 Å². The molecule has 0 radical (unpaired) electrons. The first-order valence-electron chi connectivity index (χ1n) is 10.3. The van der Waals surface area contributed by atoms with Crippen molar-refractivity contribution in [3.8, 4) is 0 Å². The lowest BCUT2D eigenvalue weighted by Gasteiger charge is -2.23. The number of nitrogens with zero attached hydrogens (tertiary/aromatic N) is 1. The zero-order valence-electron chi connectivity index (χ0n) is 17.1. The van der Waals surface area contributed by atoms with E-state index in [1.165, 1.54) is 11.1 Å². The second-order valence-electron chi connectivity index (χ2n) is 7.33. The van der Waals surface area contributed by atoms with E-state index in [2.05, 4.69) is 45.1 Å². The van der Waals surface area contributed by atoms with Crippen molar-refractivity contribution in [2.75, 3.05) is 6.54 Å². The van der Waals surface area contributed by atoms with Gasteiger partial charge in [0.2, 0.25) is 0 Å². The normalized spacial score (nSPS) is 15.8. The number of hydrogen-bond acceptors (Lipinski definition) is 3. The summed E-state index contributed by atoms with van der Waals surface area (Å²) in [6.45, 7) is 2.13. The Balaban J connectivity index is 0.000000269. The van der Waals surface area contributed by atoms with E-state index in [0.717, 1.165) is 36.8 Å². The van der Waals surface area contributed by atoms with Crippen LogP contribution in [-0.2, 0) is 28.0 Å². The Morgan fingerprint density at radius 3 is 1.90 bits per heavy atom. The summed E-state index contributed by atoms with van der Waals surface area (Å²) in [5, 5.41) is 0.952. The topological polar surface area (TPSA) is 29.5 Å². The van der Waals surface area contributed by atoms with Crippen molar-refractivity contribution in [1.29, 1.82) is 0 Å². The highest BCUT2D eigenvalue weighted by Gasteiger charge is 2.31. The molecule has 1 fully saturated rings. The van der Waals surface area contributed by atoms with E-state index in [0.29, 0.717) is 6.61 Å². The van der Waals surface area contributed by atoms with Gasteiger partial charge >= 0.3 is 5.97 Å². The number of benzene rings is 3. The maximum atomic E-state index is 12.4. The number of hydrogen-bond donors (Lipinski definition) is 0. The molecule has 1 aliphatic heterocycles. The minimum atomic E-state index is -0.107. The average Bonchev–Trinajstić information content (AvgIpc) is 3.28. The number of esters is 1. The van der Waals surface area contributed by atoms with Crippen LogP contribution in [0, 0.1) is 0 Å². The standard InChI is InChI=1S/C19H21NO2.C7H7Br/c21-19(22-15-17-10-5-2-6-11-17)18-12-7-13-20(18)14-16-8-3-1-4-9-16;8-6-7-4-2-1-3-5-7/h1-6,8-11,18H,7,12-15H2;1-5H,6H2/t18-;/m0./s1. The molecule has 1 heterocycles. The largest absolute Gasteiger partial charge is 0.460 e. The Morgan fingerprint density at radius 2 is 1.37 bits per heavy atom. The third-order valence-corrected chi connectivity index (χ3v) is 5.73. The SMILES string of the molecule is BrCc1ccccc1.O=C(OCc1ccccc1)[C@@H]1CCCN1Cc1ccccc1. The van der Waals surface area contributed by atoms with Gasteiger partial charge in [0.05, 0.1) is 0 Å². The highest BCUT2D eigenvalue weighted by molar-refractivity contribution is 9.08. The van der Waals surface area contributed by atoms with Gasteiger partial charge < -0.3 is 4.74 Å². The van der Waals surface area contributed by atoms with Crippen LogP contribution < -0.4 is 0 Å². The summed E-state index contributed by atoms with van der Waals surface area (Å²) in [6.07, 6.45) is 1.94. The number of carbonyl (C=O) groups is 1. The molecule has 0 N–H and O–H groups in total. The van der Waals surface area contributed by atoms with Gasteiger partial charge in [-0.2, -0.15) is 0 Å². The fourth-order valence-corrected chi connectivity index (χ4v) is 3.87. The zero-order valence-corrected chi connectivity index (χ0v) is 18.7. The van der Waals surface area contributed by atoms with Crippen molar-refractivity contribution >= 4 is 21.9 Å². The van der Waals surface area contributed by atoms with Crippen LogP contribution in [0.15, 0.2) is 91.0 Å². The molecule has 3 aromatic rings. The molecule has 0 amide bonds. The number of carbonyl (C=O) groups excluding carboxylic acids is 1. The van der Waals surface area contributed by atoms with Crippen molar-refractivity contribution in [3.05, 3.63) is 108 Å². The monoisotopic (exact) mass is 465 g/mol. The van der Waals surface area contributed by atoms with Gasteiger partial charge in [-0.05, 0) is 36.1 Å². The van der Waals surface area contributed by atoms with Crippen LogP contribution in [0.25, 0.3) is 0 Å². The zero-order chi connectivity index (χ0) is 21.0. The molecule has 3 nitrogen and oxygen atoms in total. The number of ether oxygens (including phenoxy) is 1. The smallest absolute Gasteiger partial charge is 0.323 e. The van der Waals surface area contributed by atoms with Gasteiger partial charge in [-0.15, -0.1) is 0 Å².